The number of carboxylic acids is 2. The Morgan fingerprint density at radius 2 is 1.96 bits per heavy atom. The van der Waals surface area contributed by atoms with Crippen LogP contribution in [-0.4, -0.2) is 45.1 Å². The second-order valence-electron chi connectivity index (χ2n) is 5.45. The number of benzene rings is 1. The van der Waals surface area contributed by atoms with Crippen LogP contribution >= 0.6 is 0 Å². The third-order valence-electron chi connectivity index (χ3n) is 4.07. The molecular weight excluding hydrogens is 320 g/mol. The zero-order valence-corrected chi connectivity index (χ0v) is 12.5. The molecule has 9 heteroatoms. The topological polar surface area (TPSA) is 147 Å². The van der Waals surface area contributed by atoms with Crippen LogP contribution in [0.2, 0.25) is 0 Å². The molecule has 9 nitrogen and oxygen atoms in total. The Kier molecular flexibility index (Phi) is 4.72. The van der Waals surface area contributed by atoms with Gasteiger partial charge in [-0.25, -0.2) is 0 Å². The number of hydrogen-bond acceptors (Lipinski definition) is 6. The maximum atomic E-state index is 11.6. The zero-order chi connectivity index (χ0) is 18.0. The van der Waals surface area contributed by atoms with Gasteiger partial charge in [-0.2, -0.15) is 0 Å². The van der Waals surface area contributed by atoms with Crippen molar-refractivity contribution in [3.63, 3.8) is 0 Å². The molecule has 2 rings (SSSR count). The normalized spacial score (nSPS) is 26.3. The minimum Gasteiger partial charge on any atom is -0.481 e. The summed E-state index contributed by atoms with van der Waals surface area (Å²) >= 11 is 0. The molecule has 0 saturated heterocycles. The maximum Gasteiger partial charge on any atom is 0.312 e. The van der Waals surface area contributed by atoms with E-state index in [4.69, 9.17) is 0 Å². The smallest absolute Gasteiger partial charge is 0.312 e. The van der Waals surface area contributed by atoms with Crippen LogP contribution in [0, 0.1) is 22.0 Å². The molecule has 0 fully saturated rings. The van der Waals surface area contributed by atoms with Crippen LogP contribution in [0.3, 0.4) is 0 Å². The Bertz CT molecular complexity index is 743. The van der Waals surface area contributed by atoms with E-state index in [9.17, 15) is 34.7 Å². The Morgan fingerprint density at radius 3 is 2.46 bits per heavy atom. The van der Waals surface area contributed by atoms with Gasteiger partial charge in [0.1, 0.15) is 18.2 Å². The van der Waals surface area contributed by atoms with Gasteiger partial charge in [0, 0.05) is 23.8 Å². The van der Waals surface area contributed by atoms with E-state index < -0.39 is 40.7 Å². The summed E-state index contributed by atoms with van der Waals surface area (Å²) in [4.78, 5) is 48.7. The van der Waals surface area contributed by atoms with Crippen molar-refractivity contribution in [2.24, 2.45) is 16.8 Å². The van der Waals surface area contributed by atoms with Crippen molar-refractivity contribution >= 4 is 29.6 Å². The molecule has 4 unspecified atom stereocenters. The van der Waals surface area contributed by atoms with Gasteiger partial charge in [0.25, 0.3) is 5.69 Å². The van der Waals surface area contributed by atoms with Crippen LogP contribution in [0.1, 0.15) is 18.4 Å². The Morgan fingerprint density at radius 1 is 1.29 bits per heavy atom. The highest BCUT2D eigenvalue weighted by atomic mass is 16.6. The molecule has 2 N–H and O–H groups in total. The molecule has 1 heterocycles. The Balaban J connectivity index is 2.67. The number of aliphatic imine (C=N–C) groups is 1. The van der Waals surface area contributed by atoms with E-state index >= 15 is 0 Å². The molecule has 1 aromatic carbocycles. The fourth-order valence-electron chi connectivity index (χ4n) is 3.07. The molecule has 0 radical (unpaired) electrons. The molecule has 1 aliphatic rings. The Labute approximate surface area is 135 Å². The van der Waals surface area contributed by atoms with Crippen molar-refractivity contribution in [3.8, 4) is 0 Å². The van der Waals surface area contributed by atoms with Gasteiger partial charge < -0.3 is 15.0 Å². The van der Waals surface area contributed by atoms with Gasteiger partial charge >= 0.3 is 11.9 Å². The molecule has 0 aliphatic carbocycles. The molecule has 126 valence electrons. The maximum absolute atomic E-state index is 11.6. The number of nitro groups is 1. The number of hydrogen-bond donors (Lipinski definition) is 2. The molecule has 1 aromatic rings. The van der Waals surface area contributed by atoms with E-state index in [0.29, 0.717) is 6.29 Å². The van der Waals surface area contributed by atoms with Crippen LogP contribution in [0.25, 0.3) is 0 Å². The summed E-state index contributed by atoms with van der Waals surface area (Å²) in [6.45, 7) is 1.40. The molecule has 0 aromatic heterocycles. The largest absolute Gasteiger partial charge is 0.481 e. The van der Waals surface area contributed by atoms with Crippen molar-refractivity contribution in [2.45, 2.75) is 18.9 Å². The lowest BCUT2D eigenvalue weighted by Gasteiger charge is -2.35. The third-order valence-corrected chi connectivity index (χ3v) is 4.07. The first kappa shape index (κ1) is 17.3. The van der Waals surface area contributed by atoms with Crippen LogP contribution in [0.4, 0.5) is 5.69 Å². The van der Waals surface area contributed by atoms with Crippen LogP contribution in [0.15, 0.2) is 29.3 Å². The van der Waals surface area contributed by atoms with Crippen LogP contribution in [0.5, 0.6) is 0 Å². The molecule has 24 heavy (non-hydrogen) atoms. The number of nitro benzene ring substituents is 1. The first-order valence-electron chi connectivity index (χ1n) is 6.97. The summed E-state index contributed by atoms with van der Waals surface area (Å²) < 4.78 is 0. The van der Waals surface area contributed by atoms with Gasteiger partial charge in [-0.05, 0) is 12.5 Å². The van der Waals surface area contributed by atoms with E-state index in [0.717, 1.165) is 6.07 Å². The number of aldehydes is 1. The van der Waals surface area contributed by atoms with Gasteiger partial charge in [0.05, 0.1) is 10.8 Å². The van der Waals surface area contributed by atoms with Gasteiger partial charge in [-0.15, -0.1) is 0 Å². The highest BCUT2D eigenvalue weighted by Crippen LogP contribution is 2.40. The summed E-state index contributed by atoms with van der Waals surface area (Å²) in [5, 5.41) is 29.9. The van der Waals surface area contributed by atoms with Crippen molar-refractivity contribution in [1.29, 1.82) is 0 Å². The molecule has 0 amide bonds. The molecule has 1 aliphatic heterocycles. The molecule has 0 spiro atoms. The Hall–Kier alpha value is -3.10. The molecule has 0 saturated carbocycles. The quantitative estimate of drug-likeness (QED) is 0.466. The predicted molar refractivity (Wildman–Crippen MR) is 81.1 cm³/mol. The SMILES string of the molecule is CC1=NC(C=O)C(C(=O)O)C(c2cccc([N+](=O)[O-])c2)C1C(=O)O. The minimum atomic E-state index is -1.42. The average Bonchev–Trinajstić information content (AvgIpc) is 2.52. The molecule has 0 bridgehead atoms. The lowest BCUT2D eigenvalue weighted by atomic mass is 9.70. The van der Waals surface area contributed by atoms with Crippen molar-refractivity contribution in [3.05, 3.63) is 39.9 Å². The standard InChI is InChI=1S/C15H14N2O7/c1-7-11(14(19)20)12(13(15(21)22)10(6-18)16-7)8-3-2-4-9(5-8)17(23)24/h2-6,10-13H,1H3,(H,19,20)(H,21,22). The number of non-ortho nitro benzene ring substituents is 1. The number of carbonyl (C=O) groups is 3. The zero-order valence-electron chi connectivity index (χ0n) is 12.5. The summed E-state index contributed by atoms with van der Waals surface area (Å²) in [7, 11) is 0. The van der Waals surface area contributed by atoms with E-state index in [-0.39, 0.29) is 17.0 Å². The average molecular weight is 334 g/mol. The first-order chi connectivity index (χ1) is 11.3. The van der Waals surface area contributed by atoms with Gasteiger partial charge in [-0.3, -0.25) is 24.7 Å². The summed E-state index contributed by atoms with van der Waals surface area (Å²) in [5.41, 5.74) is -0.0118. The van der Waals surface area contributed by atoms with Gasteiger partial charge in [0.2, 0.25) is 0 Å². The summed E-state index contributed by atoms with van der Waals surface area (Å²) in [6, 6.07) is 3.88. The van der Waals surface area contributed by atoms with E-state index in [2.05, 4.69) is 4.99 Å². The fourth-order valence-corrected chi connectivity index (χ4v) is 3.07. The van der Waals surface area contributed by atoms with Crippen LogP contribution in [-0.2, 0) is 14.4 Å². The molecular formula is C15H14N2O7. The van der Waals surface area contributed by atoms with E-state index in [1.807, 2.05) is 0 Å². The second-order valence-corrected chi connectivity index (χ2v) is 5.45. The highest BCUT2D eigenvalue weighted by molar-refractivity contribution is 6.04. The fraction of sp³-hybridized carbons (Fsp3) is 0.333. The van der Waals surface area contributed by atoms with Crippen molar-refractivity contribution < 1.29 is 29.5 Å². The number of aliphatic carboxylic acids is 2. The van der Waals surface area contributed by atoms with Gasteiger partial charge in [0.15, 0.2) is 0 Å². The minimum absolute atomic E-state index is 0.105. The number of nitrogens with zero attached hydrogens (tertiary/aromatic N) is 2. The third kappa shape index (κ3) is 3.00. The number of carbonyl (C=O) groups excluding carboxylic acids is 1. The monoisotopic (exact) mass is 334 g/mol. The van der Waals surface area contributed by atoms with Crippen LogP contribution < -0.4 is 0 Å². The molecule has 4 atom stereocenters. The summed E-state index contributed by atoms with van der Waals surface area (Å²) in [5.74, 6) is -6.54. The lowest BCUT2D eigenvalue weighted by Crippen LogP contribution is -2.46. The highest BCUT2D eigenvalue weighted by Gasteiger charge is 2.48. The van der Waals surface area contributed by atoms with E-state index in [1.54, 1.807) is 0 Å². The predicted octanol–water partition coefficient (Wildman–Crippen LogP) is 1.12. The van der Waals surface area contributed by atoms with E-state index in [1.165, 1.54) is 25.1 Å². The number of rotatable bonds is 5. The van der Waals surface area contributed by atoms with Crippen molar-refractivity contribution in [1.82, 2.24) is 0 Å². The first-order valence-corrected chi connectivity index (χ1v) is 6.97. The second kappa shape index (κ2) is 6.57. The summed E-state index contributed by atoms with van der Waals surface area (Å²) in [6.07, 6.45) is 0.352. The van der Waals surface area contributed by atoms with Gasteiger partial charge in [-0.1, -0.05) is 12.1 Å². The lowest BCUT2D eigenvalue weighted by molar-refractivity contribution is -0.384. The van der Waals surface area contributed by atoms with Crippen molar-refractivity contribution in [2.75, 3.05) is 0 Å². The number of carboxylic acid groups (broad SMARTS) is 2.